The third kappa shape index (κ3) is 6.47. The highest BCUT2D eigenvalue weighted by atomic mass is 79.9. The van der Waals surface area contributed by atoms with Crippen molar-refractivity contribution in [1.29, 1.82) is 0 Å². The second kappa shape index (κ2) is 13.0. The second-order valence-electron chi connectivity index (χ2n) is 9.42. The summed E-state index contributed by atoms with van der Waals surface area (Å²) >= 11 is 10.3. The number of halogens is 5. The lowest BCUT2D eigenvalue weighted by Crippen LogP contribution is -2.41. The van der Waals surface area contributed by atoms with Gasteiger partial charge in [0.25, 0.3) is 5.56 Å². The van der Waals surface area contributed by atoms with Gasteiger partial charge in [-0.2, -0.15) is 13.2 Å². The van der Waals surface area contributed by atoms with Crippen molar-refractivity contribution < 1.29 is 32.2 Å². The zero-order valence-electron chi connectivity index (χ0n) is 23.2. The van der Waals surface area contributed by atoms with Crippen LogP contribution in [0.15, 0.2) is 92.3 Å². The average Bonchev–Trinajstić information content (AvgIpc) is 3.30. The molecule has 0 bridgehead atoms. The predicted molar refractivity (Wildman–Crippen MR) is 164 cm³/mol. The van der Waals surface area contributed by atoms with Crippen LogP contribution in [0, 0.1) is 0 Å². The SMILES string of the molecule is CCOC(=O)C1=C(C(F)(F)F)N=c2s/c(=C\c3cc(Br)c(OCc4ccccc4)c(OC)c3)c(=O)n2[C@@H]1c1ccc(Cl)cc1. The van der Waals surface area contributed by atoms with E-state index in [0.717, 1.165) is 21.5 Å². The summed E-state index contributed by atoms with van der Waals surface area (Å²) in [4.78, 5) is 30.4. The lowest BCUT2D eigenvalue weighted by Gasteiger charge is -2.26. The third-order valence-electron chi connectivity index (χ3n) is 6.56. The van der Waals surface area contributed by atoms with Crippen molar-refractivity contribution in [1.82, 2.24) is 4.57 Å². The predicted octanol–water partition coefficient (Wildman–Crippen LogP) is 6.34. The topological polar surface area (TPSA) is 79.1 Å². The number of allylic oxidation sites excluding steroid dienone is 1. The van der Waals surface area contributed by atoms with E-state index in [-0.39, 0.29) is 28.1 Å². The fraction of sp³-hybridized carbons (Fsp3) is 0.194. The summed E-state index contributed by atoms with van der Waals surface area (Å²) < 4.78 is 61.2. The van der Waals surface area contributed by atoms with Gasteiger partial charge in [-0.05, 0) is 69.9 Å². The molecule has 1 aromatic heterocycles. The van der Waals surface area contributed by atoms with E-state index in [0.29, 0.717) is 26.6 Å². The van der Waals surface area contributed by atoms with Crippen LogP contribution in [0.2, 0.25) is 5.02 Å². The number of thiazole rings is 1. The van der Waals surface area contributed by atoms with Gasteiger partial charge in [-0.15, -0.1) is 0 Å². The molecule has 1 aliphatic heterocycles. The number of hydrogen-bond donors (Lipinski definition) is 0. The molecule has 44 heavy (non-hydrogen) atoms. The van der Waals surface area contributed by atoms with Crippen molar-refractivity contribution in [3.05, 3.63) is 124 Å². The van der Waals surface area contributed by atoms with Crippen molar-refractivity contribution in [3.8, 4) is 11.5 Å². The highest BCUT2D eigenvalue weighted by Crippen LogP contribution is 2.39. The summed E-state index contributed by atoms with van der Waals surface area (Å²) in [6, 6.07) is 17.3. The largest absolute Gasteiger partial charge is 0.493 e. The number of carbonyl (C=O) groups excluding carboxylic acids is 1. The molecule has 0 unspecified atom stereocenters. The molecule has 13 heteroatoms. The number of ether oxygens (including phenoxy) is 3. The number of aromatic nitrogens is 1. The van der Waals surface area contributed by atoms with Crippen LogP contribution in [0.5, 0.6) is 11.5 Å². The van der Waals surface area contributed by atoms with Gasteiger partial charge in [-0.1, -0.05) is 65.4 Å². The van der Waals surface area contributed by atoms with Gasteiger partial charge in [-0.25, -0.2) is 9.79 Å². The highest BCUT2D eigenvalue weighted by molar-refractivity contribution is 9.10. The smallest absolute Gasteiger partial charge is 0.434 e. The van der Waals surface area contributed by atoms with Gasteiger partial charge in [0.05, 0.1) is 34.3 Å². The Balaban J connectivity index is 1.65. The van der Waals surface area contributed by atoms with Gasteiger partial charge in [0, 0.05) is 5.02 Å². The molecular weight excluding hydrogens is 685 g/mol. The van der Waals surface area contributed by atoms with Gasteiger partial charge < -0.3 is 14.2 Å². The minimum Gasteiger partial charge on any atom is -0.493 e. The van der Waals surface area contributed by atoms with Gasteiger partial charge in [0.1, 0.15) is 6.61 Å². The lowest BCUT2D eigenvalue weighted by molar-refractivity contribution is -0.140. The van der Waals surface area contributed by atoms with E-state index in [1.807, 2.05) is 30.3 Å². The lowest BCUT2D eigenvalue weighted by atomic mass is 9.95. The molecule has 0 saturated carbocycles. The van der Waals surface area contributed by atoms with Crippen molar-refractivity contribution in [2.45, 2.75) is 25.7 Å². The summed E-state index contributed by atoms with van der Waals surface area (Å²) in [6.07, 6.45) is -3.49. The monoisotopic (exact) mass is 706 g/mol. The number of esters is 1. The second-order valence-corrected chi connectivity index (χ2v) is 11.7. The average molecular weight is 708 g/mol. The molecule has 4 aromatic rings. The maximum absolute atomic E-state index is 14.3. The van der Waals surface area contributed by atoms with E-state index in [1.165, 1.54) is 44.4 Å². The van der Waals surface area contributed by atoms with Crippen molar-refractivity contribution in [2.24, 2.45) is 4.99 Å². The van der Waals surface area contributed by atoms with Crippen LogP contribution in [0.1, 0.15) is 29.7 Å². The van der Waals surface area contributed by atoms with E-state index in [2.05, 4.69) is 20.9 Å². The molecule has 0 aliphatic carbocycles. The first-order valence-electron chi connectivity index (χ1n) is 13.1. The Kier molecular flexibility index (Phi) is 9.33. The van der Waals surface area contributed by atoms with Crippen molar-refractivity contribution in [2.75, 3.05) is 13.7 Å². The number of hydrogen-bond acceptors (Lipinski definition) is 7. The molecular formula is C31H23BrClF3N2O5S. The Morgan fingerprint density at radius 2 is 1.84 bits per heavy atom. The number of methoxy groups -OCH3 is 1. The molecule has 0 N–H and O–H groups in total. The first-order chi connectivity index (χ1) is 21.0. The van der Waals surface area contributed by atoms with Crippen LogP contribution < -0.4 is 24.4 Å². The molecule has 0 fully saturated rings. The Bertz CT molecular complexity index is 1920. The summed E-state index contributed by atoms with van der Waals surface area (Å²) in [6.45, 7) is 1.58. The number of carbonyl (C=O) groups is 1. The molecule has 3 aromatic carbocycles. The molecule has 1 atom stereocenters. The molecule has 0 saturated heterocycles. The minimum absolute atomic E-state index is 0.0845. The Morgan fingerprint density at radius 3 is 2.48 bits per heavy atom. The standard InChI is InChI=1S/C31H23BrClF3N2O5S/c1-3-42-29(40)24-25(19-9-11-20(33)12-10-19)38-28(39)23(44-30(38)37-27(24)31(34,35)36)15-18-13-21(32)26(22(14-18)41-2)43-16-17-7-5-4-6-8-17/h4-15,25H,3,16H2,1-2H3/b23-15-/t25-/m1/s1. The summed E-state index contributed by atoms with van der Waals surface area (Å²) in [5.41, 5.74) is -1.17. The minimum atomic E-state index is -5.00. The summed E-state index contributed by atoms with van der Waals surface area (Å²) in [5.74, 6) is -0.415. The zero-order chi connectivity index (χ0) is 31.6. The third-order valence-corrected chi connectivity index (χ3v) is 8.38. The highest BCUT2D eigenvalue weighted by Gasteiger charge is 2.45. The van der Waals surface area contributed by atoms with Gasteiger partial charge in [0.15, 0.2) is 22.0 Å². The first-order valence-corrected chi connectivity index (χ1v) is 15.1. The Hall–Kier alpha value is -3.87. The Labute approximate surface area is 266 Å². The fourth-order valence-corrected chi connectivity index (χ4v) is 6.35. The van der Waals surface area contributed by atoms with E-state index < -0.39 is 35.0 Å². The maximum atomic E-state index is 14.3. The molecule has 5 rings (SSSR count). The van der Waals surface area contributed by atoms with E-state index in [4.69, 9.17) is 25.8 Å². The number of rotatable bonds is 8. The van der Waals surface area contributed by atoms with Crippen LogP contribution in [-0.2, 0) is 16.1 Å². The molecule has 0 radical (unpaired) electrons. The van der Waals surface area contributed by atoms with Gasteiger partial charge in [-0.3, -0.25) is 9.36 Å². The molecule has 0 spiro atoms. The van der Waals surface area contributed by atoms with E-state index in [1.54, 1.807) is 12.1 Å². The van der Waals surface area contributed by atoms with Crippen LogP contribution >= 0.6 is 38.9 Å². The molecule has 7 nitrogen and oxygen atoms in total. The fourth-order valence-electron chi connectivity index (χ4n) is 4.65. The number of alkyl halides is 3. The summed E-state index contributed by atoms with van der Waals surface area (Å²) in [7, 11) is 1.47. The number of benzene rings is 3. The van der Waals surface area contributed by atoms with Gasteiger partial charge in [0.2, 0.25) is 0 Å². The summed E-state index contributed by atoms with van der Waals surface area (Å²) in [5, 5.41) is 0.328. The molecule has 2 heterocycles. The Morgan fingerprint density at radius 1 is 1.14 bits per heavy atom. The first kappa shape index (κ1) is 31.6. The number of fused-ring (bicyclic) bond motifs is 1. The van der Waals surface area contributed by atoms with Crippen molar-refractivity contribution in [3.63, 3.8) is 0 Å². The quantitative estimate of drug-likeness (QED) is 0.200. The van der Waals surface area contributed by atoms with Crippen LogP contribution in [-0.4, -0.2) is 30.4 Å². The normalized spacial score (nSPS) is 15.1. The maximum Gasteiger partial charge on any atom is 0.434 e. The van der Waals surface area contributed by atoms with Crippen LogP contribution in [0.25, 0.3) is 6.08 Å². The van der Waals surface area contributed by atoms with Crippen LogP contribution in [0.3, 0.4) is 0 Å². The molecule has 0 amide bonds. The zero-order valence-corrected chi connectivity index (χ0v) is 26.3. The van der Waals surface area contributed by atoms with Crippen molar-refractivity contribution >= 4 is 50.9 Å². The van der Waals surface area contributed by atoms with Gasteiger partial charge >= 0.3 is 12.1 Å². The van der Waals surface area contributed by atoms with E-state index >= 15 is 0 Å². The number of nitrogens with zero attached hydrogens (tertiary/aromatic N) is 2. The van der Waals surface area contributed by atoms with Crippen LogP contribution in [0.4, 0.5) is 13.2 Å². The molecule has 228 valence electrons. The van der Waals surface area contributed by atoms with E-state index in [9.17, 15) is 22.8 Å². The molecule has 1 aliphatic rings.